The molecule has 1 aliphatic carbocycles. The Bertz CT molecular complexity index is 1770. The van der Waals surface area contributed by atoms with Crippen LogP contribution in [0.3, 0.4) is 0 Å². The molecule has 1 unspecified atom stereocenters. The normalized spacial score (nSPS) is 19.8. The predicted molar refractivity (Wildman–Crippen MR) is 168 cm³/mol. The first kappa shape index (κ1) is 35.1. The van der Waals surface area contributed by atoms with Crippen LogP contribution in [0.1, 0.15) is 78.7 Å². The third-order valence-electron chi connectivity index (χ3n) is 8.95. The minimum atomic E-state index is -5.04. The molecule has 1 fully saturated rings. The summed E-state index contributed by atoms with van der Waals surface area (Å²) in [5.74, 6) is -0.0707. The smallest absolute Gasteiger partial charge is 0.416 e. The zero-order chi connectivity index (χ0) is 35.3. The number of amides is 2. The summed E-state index contributed by atoms with van der Waals surface area (Å²) >= 11 is 6.53. The van der Waals surface area contributed by atoms with Gasteiger partial charge >= 0.3 is 18.4 Å². The molecule has 1 aliphatic heterocycles. The van der Waals surface area contributed by atoms with Gasteiger partial charge in [0.05, 0.1) is 24.3 Å². The Morgan fingerprint density at radius 1 is 1.00 bits per heavy atom. The largest absolute Gasteiger partial charge is 0.496 e. The Kier molecular flexibility index (Phi) is 9.28. The van der Waals surface area contributed by atoms with Gasteiger partial charge < -0.3 is 15.2 Å². The fraction of sp³-hybridized carbons (Fsp3) is 0.371. The molecule has 1 heterocycles. The van der Waals surface area contributed by atoms with Crippen molar-refractivity contribution in [3.8, 4) is 16.9 Å². The Labute approximate surface area is 278 Å². The monoisotopic (exact) mass is 694 g/mol. The van der Waals surface area contributed by atoms with Gasteiger partial charge in [-0.05, 0) is 96.3 Å². The topological polar surface area (TPSA) is 81.9 Å². The van der Waals surface area contributed by atoms with Crippen molar-refractivity contribution in [3.63, 3.8) is 0 Å². The number of carbonyl (C=O) groups excluding carboxylic acids is 2. The van der Waals surface area contributed by atoms with Gasteiger partial charge in [0.1, 0.15) is 11.9 Å². The molecule has 6 nitrogen and oxygen atoms in total. The first-order valence-corrected chi connectivity index (χ1v) is 15.4. The summed E-state index contributed by atoms with van der Waals surface area (Å²) in [4.78, 5) is 26.2. The summed E-state index contributed by atoms with van der Waals surface area (Å²) in [7, 11) is 1.52. The third-order valence-corrected chi connectivity index (χ3v) is 9.26. The Balaban J connectivity index is 1.55. The van der Waals surface area contributed by atoms with Gasteiger partial charge in [0.15, 0.2) is 0 Å². The van der Waals surface area contributed by atoms with Gasteiger partial charge in [-0.25, -0.2) is 4.79 Å². The highest BCUT2D eigenvalue weighted by molar-refractivity contribution is 6.33. The Morgan fingerprint density at radius 2 is 1.65 bits per heavy atom. The van der Waals surface area contributed by atoms with E-state index in [1.165, 1.54) is 25.0 Å². The highest BCUT2D eigenvalue weighted by Gasteiger charge is 2.44. The van der Waals surface area contributed by atoms with Gasteiger partial charge in [-0.3, -0.25) is 9.69 Å². The summed E-state index contributed by atoms with van der Waals surface area (Å²) in [6.07, 6.45) is -10.4. The van der Waals surface area contributed by atoms with Crippen molar-refractivity contribution in [3.05, 3.63) is 93.0 Å². The quantitative estimate of drug-likeness (QED) is 0.250. The number of nitrogens with zero attached hydrogens (tertiary/aromatic N) is 1. The van der Waals surface area contributed by atoms with Crippen LogP contribution < -0.4 is 10.5 Å². The summed E-state index contributed by atoms with van der Waals surface area (Å²) < 4.78 is 92.8. The first-order valence-electron chi connectivity index (χ1n) is 15.0. The average molecular weight is 695 g/mol. The lowest BCUT2D eigenvalue weighted by atomic mass is 9.72. The second-order valence-corrected chi connectivity index (χ2v) is 13.3. The Hall–Kier alpha value is -4.19. The number of hydrogen-bond donors (Lipinski definition) is 1. The molecule has 256 valence electrons. The SMILES string of the molecule is COc1ccc(-c2ccc(C(N)=O)cc2Cl)cc1C1=C(CN2C(=O)OC(c3cc(C(F)(F)F)cc(C(F)(F)F)c3)[C@@H]2C)CC(C)(C)CC1. The molecule has 0 bridgehead atoms. The van der Waals surface area contributed by atoms with Crippen LogP contribution in [0.2, 0.25) is 5.02 Å². The molecule has 5 rings (SSSR count). The van der Waals surface area contributed by atoms with E-state index in [9.17, 15) is 35.9 Å². The van der Waals surface area contributed by atoms with Gasteiger partial charge in [-0.2, -0.15) is 26.3 Å². The second kappa shape index (κ2) is 12.7. The van der Waals surface area contributed by atoms with Crippen LogP contribution in [0.4, 0.5) is 31.1 Å². The van der Waals surface area contributed by atoms with Crippen molar-refractivity contribution in [1.29, 1.82) is 0 Å². The van der Waals surface area contributed by atoms with Crippen LogP contribution in [0.15, 0.2) is 60.2 Å². The van der Waals surface area contributed by atoms with Crippen LogP contribution in [-0.4, -0.2) is 36.6 Å². The van der Waals surface area contributed by atoms with Crippen molar-refractivity contribution in [1.82, 2.24) is 4.90 Å². The lowest BCUT2D eigenvalue weighted by Crippen LogP contribution is -2.35. The zero-order valence-electron chi connectivity index (χ0n) is 26.5. The molecule has 2 N–H and O–H groups in total. The molecular weight excluding hydrogens is 662 g/mol. The number of halogens is 7. The molecule has 3 aromatic carbocycles. The number of allylic oxidation sites excluding steroid dienone is 1. The standard InChI is InChI=1S/C35H33ClF6N2O4/c1-18-30(21-11-23(34(37,38)39)15-24(12-21)35(40,41)42)48-32(46)44(18)17-22-16-33(2,3)10-9-25(22)27-13-19(6-8-29(27)47-4)26-7-5-20(31(43)45)14-28(26)36/h5-8,11-15,18,30H,9-10,16-17H2,1-4H3,(H2,43,45)/t18-,30?/m0/s1. The predicted octanol–water partition coefficient (Wildman–Crippen LogP) is 9.70. The van der Waals surface area contributed by atoms with Gasteiger partial charge in [0.25, 0.3) is 0 Å². The fourth-order valence-electron chi connectivity index (χ4n) is 6.41. The van der Waals surface area contributed by atoms with E-state index in [-0.39, 0.29) is 23.6 Å². The molecule has 2 amide bonds. The number of benzene rings is 3. The first-order chi connectivity index (χ1) is 22.3. The lowest BCUT2D eigenvalue weighted by Gasteiger charge is -2.36. The van der Waals surface area contributed by atoms with Gasteiger partial charge in [0.2, 0.25) is 5.91 Å². The van der Waals surface area contributed by atoms with Gasteiger partial charge in [0, 0.05) is 28.3 Å². The van der Waals surface area contributed by atoms with Crippen molar-refractivity contribution < 1.29 is 45.4 Å². The highest BCUT2D eigenvalue weighted by atomic mass is 35.5. The van der Waals surface area contributed by atoms with Crippen molar-refractivity contribution in [2.45, 2.75) is 64.5 Å². The number of hydrogen-bond acceptors (Lipinski definition) is 4. The number of cyclic esters (lactones) is 1. The van der Waals surface area contributed by atoms with E-state index < -0.39 is 53.2 Å². The maximum Gasteiger partial charge on any atom is 0.416 e. The maximum atomic E-state index is 13.6. The number of nitrogens with two attached hydrogens (primary N) is 1. The molecule has 3 aromatic rings. The van der Waals surface area contributed by atoms with E-state index in [0.29, 0.717) is 41.3 Å². The molecule has 1 saturated heterocycles. The van der Waals surface area contributed by atoms with Crippen LogP contribution >= 0.6 is 11.6 Å². The number of alkyl halides is 6. The highest BCUT2D eigenvalue weighted by Crippen LogP contribution is 2.47. The van der Waals surface area contributed by atoms with Crippen LogP contribution in [0, 0.1) is 5.41 Å². The molecule has 0 radical (unpaired) electrons. The minimum Gasteiger partial charge on any atom is -0.496 e. The summed E-state index contributed by atoms with van der Waals surface area (Å²) in [5, 5.41) is 0.310. The zero-order valence-corrected chi connectivity index (χ0v) is 27.2. The number of carbonyl (C=O) groups is 2. The van der Waals surface area contributed by atoms with E-state index in [4.69, 9.17) is 26.8 Å². The van der Waals surface area contributed by atoms with Crippen molar-refractivity contribution >= 4 is 29.2 Å². The van der Waals surface area contributed by atoms with Crippen molar-refractivity contribution in [2.75, 3.05) is 13.7 Å². The molecule has 0 aromatic heterocycles. The van der Waals surface area contributed by atoms with E-state index in [0.717, 1.165) is 28.7 Å². The summed E-state index contributed by atoms with van der Waals surface area (Å²) in [6, 6.07) is 10.6. The van der Waals surface area contributed by atoms with E-state index >= 15 is 0 Å². The number of methoxy groups -OCH3 is 1. The number of primary amides is 1. The van der Waals surface area contributed by atoms with Crippen molar-refractivity contribution in [2.24, 2.45) is 11.1 Å². The summed E-state index contributed by atoms with van der Waals surface area (Å²) in [6.45, 7) is 5.72. The van der Waals surface area contributed by atoms with Gasteiger partial charge in [-0.1, -0.05) is 37.6 Å². The molecule has 2 aliphatic rings. The van der Waals surface area contributed by atoms with Crippen LogP contribution in [0.25, 0.3) is 16.7 Å². The summed E-state index contributed by atoms with van der Waals surface area (Å²) in [5.41, 5.74) is 5.95. The molecule has 48 heavy (non-hydrogen) atoms. The fourth-order valence-corrected chi connectivity index (χ4v) is 6.70. The molecule has 13 heteroatoms. The second-order valence-electron chi connectivity index (χ2n) is 12.9. The molecule has 2 atom stereocenters. The third kappa shape index (κ3) is 7.13. The van der Waals surface area contributed by atoms with Crippen LogP contribution in [-0.2, 0) is 17.1 Å². The molecule has 0 spiro atoms. The maximum absolute atomic E-state index is 13.6. The average Bonchev–Trinajstić information content (AvgIpc) is 3.27. The van der Waals surface area contributed by atoms with Crippen LogP contribution in [0.5, 0.6) is 5.75 Å². The molecule has 0 saturated carbocycles. The lowest BCUT2D eigenvalue weighted by molar-refractivity contribution is -0.143. The van der Waals surface area contributed by atoms with E-state index in [1.807, 2.05) is 12.1 Å². The van der Waals surface area contributed by atoms with Gasteiger partial charge in [-0.15, -0.1) is 0 Å². The number of ether oxygens (including phenoxy) is 2. The minimum absolute atomic E-state index is 0.0296. The van der Waals surface area contributed by atoms with E-state index in [1.54, 1.807) is 18.2 Å². The Morgan fingerprint density at radius 3 is 2.21 bits per heavy atom. The number of rotatable bonds is 7. The molecular formula is C35H33ClF6N2O4. The van der Waals surface area contributed by atoms with E-state index in [2.05, 4.69) is 13.8 Å².